The Bertz CT molecular complexity index is 1210. The summed E-state index contributed by atoms with van der Waals surface area (Å²) in [6.45, 7) is 12.3. The molecule has 2 aliphatic rings. The van der Waals surface area contributed by atoms with Crippen molar-refractivity contribution in [3.05, 3.63) is 54.6 Å². The number of allylic oxidation sites excluding steroid dienone is 1. The highest BCUT2D eigenvalue weighted by Gasteiger charge is 2.28. The van der Waals surface area contributed by atoms with Crippen LogP contribution in [0.15, 0.2) is 49.1 Å². The fourth-order valence-electron chi connectivity index (χ4n) is 5.08. The summed E-state index contributed by atoms with van der Waals surface area (Å²) in [7, 11) is 0. The van der Waals surface area contributed by atoms with E-state index in [1.165, 1.54) is 12.1 Å². The van der Waals surface area contributed by atoms with E-state index in [0.717, 1.165) is 67.1 Å². The van der Waals surface area contributed by atoms with Gasteiger partial charge in [-0.2, -0.15) is 10.4 Å². The lowest BCUT2D eigenvalue weighted by atomic mass is 10.0. The van der Waals surface area contributed by atoms with Gasteiger partial charge in [-0.25, -0.2) is 9.50 Å². The van der Waals surface area contributed by atoms with E-state index in [4.69, 9.17) is 9.72 Å². The molecular formula is C27H32N6O. The average Bonchev–Trinajstić information content (AvgIpc) is 3.48. The Hall–Kier alpha value is -3.53. The molecular weight excluding hydrogens is 424 g/mol. The van der Waals surface area contributed by atoms with E-state index < -0.39 is 0 Å². The number of rotatable bonds is 6. The average molecular weight is 457 g/mol. The molecule has 0 amide bonds. The van der Waals surface area contributed by atoms with E-state index in [1.54, 1.807) is 10.7 Å². The van der Waals surface area contributed by atoms with E-state index in [2.05, 4.69) is 53.5 Å². The number of anilines is 1. The van der Waals surface area contributed by atoms with Crippen molar-refractivity contribution in [3.8, 4) is 22.9 Å². The number of ether oxygens (including phenoxy) is 1. The van der Waals surface area contributed by atoms with Gasteiger partial charge in [-0.1, -0.05) is 20.4 Å². The molecule has 0 saturated carbocycles. The third-order valence-electron chi connectivity index (χ3n) is 6.85. The molecule has 2 saturated heterocycles. The summed E-state index contributed by atoms with van der Waals surface area (Å²) < 4.78 is 7.71. The lowest BCUT2D eigenvalue weighted by molar-refractivity contribution is 0.243. The van der Waals surface area contributed by atoms with Crippen molar-refractivity contribution in [1.29, 1.82) is 5.26 Å². The largest absolute Gasteiger partial charge is 0.492 e. The molecule has 0 atom stereocenters. The molecule has 0 N–H and O–H groups in total. The van der Waals surface area contributed by atoms with Crippen LogP contribution >= 0.6 is 0 Å². The maximum atomic E-state index is 9.61. The minimum absolute atomic E-state index is 0.417. The van der Waals surface area contributed by atoms with Crippen molar-refractivity contribution in [3.63, 3.8) is 0 Å². The molecule has 0 unspecified atom stereocenters. The predicted molar refractivity (Wildman–Crippen MR) is 134 cm³/mol. The number of hydrogen-bond acceptors (Lipinski definition) is 6. The molecule has 3 aromatic heterocycles. The summed E-state index contributed by atoms with van der Waals surface area (Å²) in [5.74, 6) is 2.15. The zero-order valence-corrected chi connectivity index (χ0v) is 20.1. The van der Waals surface area contributed by atoms with Crippen molar-refractivity contribution in [2.24, 2.45) is 5.92 Å². The minimum Gasteiger partial charge on any atom is -0.492 e. The molecule has 0 bridgehead atoms. The minimum atomic E-state index is 0.417. The summed E-state index contributed by atoms with van der Waals surface area (Å²) >= 11 is 0. The Morgan fingerprint density at radius 1 is 1.21 bits per heavy atom. The molecule has 5 heterocycles. The van der Waals surface area contributed by atoms with Crippen LogP contribution in [-0.4, -0.2) is 51.8 Å². The van der Waals surface area contributed by atoms with Crippen LogP contribution in [0, 0.1) is 17.2 Å². The van der Waals surface area contributed by atoms with Crippen LogP contribution in [0.1, 0.15) is 45.1 Å². The topological polar surface area (TPSA) is 69.7 Å². The number of hydrogen-bond donors (Lipinski definition) is 0. The van der Waals surface area contributed by atoms with Gasteiger partial charge in [0.05, 0.1) is 30.1 Å². The standard InChI is InChI=1S/C27H32N6O/c1-19(2)18-34-24-13-25(27-22(14-28)16-30-33(27)17-24)21-6-7-26(29-15-21)31-11-8-23(9-12-31)32-10-4-5-20(32)3/h6-7,13,15-17,19,23H,3-5,8-12,18H2,1-2H3. The summed E-state index contributed by atoms with van der Waals surface area (Å²) in [5.41, 5.74) is 4.48. The fraction of sp³-hybridized carbons (Fsp3) is 0.444. The first-order valence-corrected chi connectivity index (χ1v) is 12.2. The number of pyridine rings is 2. The Kier molecular flexibility index (Phi) is 6.14. The van der Waals surface area contributed by atoms with Crippen LogP contribution < -0.4 is 9.64 Å². The predicted octanol–water partition coefficient (Wildman–Crippen LogP) is 4.88. The molecule has 0 radical (unpaired) electrons. The van der Waals surface area contributed by atoms with Gasteiger partial charge >= 0.3 is 0 Å². The normalized spacial score (nSPS) is 17.1. The molecule has 2 aliphatic heterocycles. The second-order valence-corrected chi connectivity index (χ2v) is 9.74. The van der Waals surface area contributed by atoms with Crippen LogP contribution in [0.4, 0.5) is 5.82 Å². The molecule has 5 rings (SSSR count). The van der Waals surface area contributed by atoms with Gasteiger partial charge in [0.2, 0.25) is 0 Å². The quantitative estimate of drug-likeness (QED) is 0.526. The van der Waals surface area contributed by atoms with Crippen LogP contribution in [0.3, 0.4) is 0 Å². The Morgan fingerprint density at radius 2 is 2.03 bits per heavy atom. The third-order valence-corrected chi connectivity index (χ3v) is 6.85. The highest BCUT2D eigenvalue weighted by atomic mass is 16.5. The number of nitrogens with zero attached hydrogens (tertiary/aromatic N) is 6. The van der Waals surface area contributed by atoms with Gasteiger partial charge in [0.1, 0.15) is 17.6 Å². The van der Waals surface area contributed by atoms with Crippen LogP contribution in [0.2, 0.25) is 0 Å². The summed E-state index contributed by atoms with van der Waals surface area (Å²) in [5, 5.41) is 14.0. The van der Waals surface area contributed by atoms with Gasteiger partial charge in [0.15, 0.2) is 0 Å². The van der Waals surface area contributed by atoms with Crippen LogP contribution in [-0.2, 0) is 0 Å². The number of piperidine rings is 1. The van der Waals surface area contributed by atoms with Crippen molar-refractivity contribution >= 4 is 11.3 Å². The molecule has 0 spiro atoms. The first kappa shape index (κ1) is 22.3. The van der Waals surface area contributed by atoms with Gasteiger partial charge in [0.25, 0.3) is 0 Å². The zero-order chi connectivity index (χ0) is 23.7. The highest BCUT2D eigenvalue weighted by Crippen LogP contribution is 2.33. The van der Waals surface area contributed by atoms with Crippen LogP contribution in [0.25, 0.3) is 16.6 Å². The van der Waals surface area contributed by atoms with Gasteiger partial charge in [-0.05, 0) is 49.8 Å². The Morgan fingerprint density at radius 3 is 2.68 bits per heavy atom. The van der Waals surface area contributed by atoms with E-state index in [1.807, 2.05) is 18.5 Å². The van der Waals surface area contributed by atoms with Crippen molar-refractivity contribution in [1.82, 2.24) is 19.5 Å². The molecule has 34 heavy (non-hydrogen) atoms. The second kappa shape index (κ2) is 9.38. The summed E-state index contributed by atoms with van der Waals surface area (Å²) in [4.78, 5) is 9.70. The lowest BCUT2D eigenvalue weighted by Gasteiger charge is -2.38. The van der Waals surface area contributed by atoms with E-state index in [-0.39, 0.29) is 0 Å². The number of nitriles is 1. The SMILES string of the molecule is C=C1CCCN1C1CCN(c2ccc(-c3cc(OCC(C)C)cn4ncc(C#N)c34)cn2)CC1. The molecule has 0 aromatic carbocycles. The van der Waals surface area contributed by atoms with E-state index in [9.17, 15) is 5.26 Å². The van der Waals surface area contributed by atoms with Crippen LogP contribution in [0.5, 0.6) is 5.75 Å². The zero-order valence-electron chi connectivity index (χ0n) is 20.1. The van der Waals surface area contributed by atoms with Gasteiger partial charge < -0.3 is 14.5 Å². The first-order valence-electron chi connectivity index (χ1n) is 12.2. The summed E-state index contributed by atoms with van der Waals surface area (Å²) in [6, 6.07) is 9.04. The monoisotopic (exact) mass is 456 g/mol. The van der Waals surface area contributed by atoms with Gasteiger partial charge in [-0.15, -0.1) is 0 Å². The smallest absolute Gasteiger partial charge is 0.138 e. The van der Waals surface area contributed by atoms with Gasteiger partial charge in [0, 0.05) is 48.7 Å². The van der Waals surface area contributed by atoms with E-state index in [0.29, 0.717) is 24.1 Å². The van der Waals surface area contributed by atoms with Crippen molar-refractivity contribution in [2.45, 2.75) is 45.6 Å². The summed E-state index contributed by atoms with van der Waals surface area (Å²) in [6.07, 6.45) is 10.0. The maximum Gasteiger partial charge on any atom is 0.138 e. The highest BCUT2D eigenvalue weighted by molar-refractivity contribution is 5.85. The van der Waals surface area contributed by atoms with Gasteiger partial charge in [-0.3, -0.25) is 0 Å². The first-order chi connectivity index (χ1) is 16.5. The van der Waals surface area contributed by atoms with Crippen molar-refractivity contribution in [2.75, 3.05) is 31.1 Å². The number of fused-ring (bicyclic) bond motifs is 1. The Labute approximate surface area is 201 Å². The second-order valence-electron chi connectivity index (χ2n) is 9.74. The van der Waals surface area contributed by atoms with Crippen molar-refractivity contribution < 1.29 is 4.74 Å². The molecule has 7 heteroatoms. The maximum absolute atomic E-state index is 9.61. The molecule has 7 nitrogen and oxygen atoms in total. The van der Waals surface area contributed by atoms with E-state index >= 15 is 0 Å². The third kappa shape index (κ3) is 4.33. The number of likely N-dealkylation sites (tertiary alicyclic amines) is 1. The number of aromatic nitrogens is 3. The molecule has 2 fully saturated rings. The fourth-order valence-corrected chi connectivity index (χ4v) is 5.08. The molecule has 176 valence electrons. The lowest BCUT2D eigenvalue weighted by Crippen LogP contribution is -2.43. The molecule has 3 aromatic rings. The Balaban J connectivity index is 1.37. The molecule has 0 aliphatic carbocycles.